The summed E-state index contributed by atoms with van der Waals surface area (Å²) in [6.07, 6.45) is 0. The molecule has 0 fully saturated rings. The minimum Gasteiger partial charge on any atom is -0.293 e. The number of benzene rings is 2. The quantitative estimate of drug-likeness (QED) is 0.750. The van der Waals surface area contributed by atoms with Crippen molar-refractivity contribution in [2.75, 3.05) is 0 Å². The molecule has 1 atom stereocenters. The van der Waals surface area contributed by atoms with Gasteiger partial charge in [0.2, 0.25) is 0 Å². The third-order valence-electron chi connectivity index (χ3n) is 3.24. The number of Topliss-reactive ketones (excluding diaryl/α,β-unsaturated/α-hetero) is 2. The average molecular weight is 319 g/mol. The molecule has 0 N–H and O–H groups in total. The van der Waals surface area contributed by atoms with Crippen LogP contribution in [0.15, 0.2) is 46.9 Å². The van der Waals surface area contributed by atoms with Crippen LogP contribution < -0.4 is 0 Å². The summed E-state index contributed by atoms with van der Waals surface area (Å²) in [5.41, 5.74) is 1.39. The first-order chi connectivity index (χ1) is 9.08. The molecule has 2 aromatic rings. The number of rotatable bonds is 1. The van der Waals surface area contributed by atoms with Gasteiger partial charge in [-0.1, -0.05) is 28.1 Å². The van der Waals surface area contributed by atoms with Crippen LogP contribution in [0.3, 0.4) is 0 Å². The van der Waals surface area contributed by atoms with E-state index in [2.05, 4.69) is 15.9 Å². The lowest BCUT2D eigenvalue weighted by molar-refractivity contribution is 0.0890. The average Bonchev–Trinajstić information content (AvgIpc) is 2.63. The van der Waals surface area contributed by atoms with Crippen LogP contribution in [0.25, 0.3) is 0 Å². The maximum absolute atomic E-state index is 12.9. The predicted molar refractivity (Wildman–Crippen MR) is 71.9 cm³/mol. The molecule has 1 unspecified atom stereocenters. The first-order valence-electron chi connectivity index (χ1n) is 5.71. The molecule has 0 bridgehead atoms. The van der Waals surface area contributed by atoms with Crippen molar-refractivity contribution in [2.24, 2.45) is 0 Å². The lowest BCUT2D eigenvalue weighted by Crippen LogP contribution is -2.12. The molecule has 0 spiro atoms. The van der Waals surface area contributed by atoms with Crippen molar-refractivity contribution in [3.63, 3.8) is 0 Å². The third-order valence-corrected chi connectivity index (χ3v) is 3.73. The van der Waals surface area contributed by atoms with E-state index in [1.165, 1.54) is 24.3 Å². The molecule has 19 heavy (non-hydrogen) atoms. The minimum absolute atomic E-state index is 0.223. The summed E-state index contributed by atoms with van der Waals surface area (Å²) in [6.45, 7) is 0. The van der Waals surface area contributed by atoms with Crippen LogP contribution in [0.5, 0.6) is 0 Å². The lowest BCUT2D eigenvalue weighted by atomic mass is 9.94. The zero-order chi connectivity index (χ0) is 13.6. The molecule has 1 aliphatic carbocycles. The number of ketones is 2. The molecule has 0 saturated heterocycles. The van der Waals surface area contributed by atoms with E-state index in [1.807, 2.05) is 0 Å². The van der Waals surface area contributed by atoms with Gasteiger partial charge in [0, 0.05) is 15.6 Å². The Morgan fingerprint density at radius 1 is 0.895 bits per heavy atom. The molecule has 0 heterocycles. The van der Waals surface area contributed by atoms with Gasteiger partial charge in [-0.3, -0.25) is 9.59 Å². The molecule has 4 heteroatoms. The van der Waals surface area contributed by atoms with Crippen LogP contribution in [0.4, 0.5) is 4.39 Å². The van der Waals surface area contributed by atoms with E-state index < -0.39 is 5.92 Å². The summed E-state index contributed by atoms with van der Waals surface area (Å²) in [6, 6.07) is 10.5. The standard InChI is InChI=1S/C15H8BrFO2/c16-9-3-6-11-12(7-9)15(19)13(14(11)18)8-1-4-10(17)5-2-8/h1-7,13H. The minimum atomic E-state index is -0.843. The van der Waals surface area contributed by atoms with Gasteiger partial charge >= 0.3 is 0 Å². The Balaban J connectivity index is 2.10. The highest BCUT2D eigenvalue weighted by Gasteiger charge is 2.39. The zero-order valence-electron chi connectivity index (χ0n) is 9.69. The number of halogens is 2. The van der Waals surface area contributed by atoms with Gasteiger partial charge in [0.25, 0.3) is 0 Å². The molecule has 2 aromatic carbocycles. The smallest absolute Gasteiger partial charge is 0.178 e. The maximum atomic E-state index is 12.9. The second kappa shape index (κ2) is 4.38. The van der Waals surface area contributed by atoms with Gasteiger partial charge in [0.1, 0.15) is 11.7 Å². The number of carbonyl (C=O) groups is 2. The molecule has 0 amide bonds. The van der Waals surface area contributed by atoms with Crippen molar-refractivity contribution < 1.29 is 14.0 Å². The molecule has 94 valence electrons. The fourth-order valence-electron chi connectivity index (χ4n) is 2.32. The number of hydrogen-bond acceptors (Lipinski definition) is 2. The van der Waals surface area contributed by atoms with Crippen molar-refractivity contribution in [1.82, 2.24) is 0 Å². The van der Waals surface area contributed by atoms with Gasteiger partial charge in [0.15, 0.2) is 11.6 Å². The van der Waals surface area contributed by atoms with Crippen molar-refractivity contribution in [1.29, 1.82) is 0 Å². The van der Waals surface area contributed by atoms with Crippen molar-refractivity contribution in [3.05, 3.63) is 69.4 Å². The van der Waals surface area contributed by atoms with Crippen molar-refractivity contribution in [3.8, 4) is 0 Å². The van der Waals surface area contributed by atoms with Gasteiger partial charge in [-0.2, -0.15) is 0 Å². The van der Waals surface area contributed by atoms with E-state index in [0.29, 0.717) is 16.7 Å². The Kier molecular flexibility index (Phi) is 2.82. The first kappa shape index (κ1) is 12.2. The molecular formula is C15H8BrFO2. The molecular weight excluding hydrogens is 311 g/mol. The SMILES string of the molecule is O=C1c2ccc(Br)cc2C(=O)C1c1ccc(F)cc1. The van der Waals surface area contributed by atoms with E-state index in [0.717, 1.165) is 4.47 Å². The summed E-state index contributed by atoms with van der Waals surface area (Å²) in [5.74, 6) is -1.68. The zero-order valence-corrected chi connectivity index (χ0v) is 11.3. The molecule has 1 aliphatic rings. The third kappa shape index (κ3) is 1.92. The lowest BCUT2D eigenvalue weighted by Gasteiger charge is -2.06. The molecule has 2 nitrogen and oxygen atoms in total. The van der Waals surface area contributed by atoms with E-state index in [9.17, 15) is 14.0 Å². The van der Waals surface area contributed by atoms with Crippen LogP contribution in [0.1, 0.15) is 32.2 Å². The van der Waals surface area contributed by atoms with Gasteiger partial charge in [-0.15, -0.1) is 0 Å². The number of hydrogen-bond donors (Lipinski definition) is 0. The van der Waals surface area contributed by atoms with E-state index in [-0.39, 0.29) is 17.4 Å². The fraction of sp³-hybridized carbons (Fsp3) is 0.0667. The van der Waals surface area contributed by atoms with Gasteiger partial charge in [-0.25, -0.2) is 4.39 Å². The highest BCUT2D eigenvalue weighted by Crippen LogP contribution is 2.35. The Morgan fingerprint density at radius 3 is 2.21 bits per heavy atom. The van der Waals surface area contributed by atoms with Gasteiger partial charge in [0.05, 0.1) is 0 Å². The summed E-state index contributed by atoms with van der Waals surface area (Å²) < 4.78 is 13.7. The Hall–Kier alpha value is -1.81. The summed E-state index contributed by atoms with van der Waals surface area (Å²) in [4.78, 5) is 24.6. The van der Waals surface area contributed by atoms with Crippen LogP contribution in [0.2, 0.25) is 0 Å². The Labute approximate surface area is 117 Å². The maximum Gasteiger partial charge on any atom is 0.178 e. The largest absolute Gasteiger partial charge is 0.293 e. The molecule has 3 rings (SSSR count). The molecule has 0 radical (unpaired) electrons. The van der Waals surface area contributed by atoms with Gasteiger partial charge in [-0.05, 0) is 35.9 Å². The second-order valence-electron chi connectivity index (χ2n) is 4.40. The van der Waals surface area contributed by atoms with E-state index in [4.69, 9.17) is 0 Å². The number of carbonyl (C=O) groups excluding carboxylic acids is 2. The Bertz CT molecular complexity index is 692. The van der Waals surface area contributed by atoms with Crippen molar-refractivity contribution in [2.45, 2.75) is 5.92 Å². The predicted octanol–water partition coefficient (Wildman–Crippen LogP) is 3.75. The van der Waals surface area contributed by atoms with Crippen LogP contribution in [0, 0.1) is 5.82 Å². The topological polar surface area (TPSA) is 34.1 Å². The monoisotopic (exact) mass is 318 g/mol. The Morgan fingerprint density at radius 2 is 1.53 bits per heavy atom. The fourth-order valence-corrected chi connectivity index (χ4v) is 2.68. The summed E-state index contributed by atoms with van der Waals surface area (Å²) >= 11 is 3.28. The normalized spacial score (nSPS) is 17.7. The molecule has 0 aromatic heterocycles. The van der Waals surface area contributed by atoms with E-state index >= 15 is 0 Å². The molecule has 0 saturated carbocycles. The van der Waals surface area contributed by atoms with Crippen molar-refractivity contribution >= 4 is 27.5 Å². The summed E-state index contributed by atoms with van der Waals surface area (Å²) in [7, 11) is 0. The van der Waals surface area contributed by atoms with Crippen LogP contribution in [-0.4, -0.2) is 11.6 Å². The second-order valence-corrected chi connectivity index (χ2v) is 5.32. The molecule has 0 aliphatic heterocycles. The van der Waals surface area contributed by atoms with Gasteiger partial charge < -0.3 is 0 Å². The van der Waals surface area contributed by atoms with Crippen LogP contribution >= 0.6 is 15.9 Å². The summed E-state index contributed by atoms with van der Waals surface area (Å²) in [5, 5.41) is 0. The highest BCUT2D eigenvalue weighted by molar-refractivity contribution is 9.10. The van der Waals surface area contributed by atoms with Crippen LogP contribution in [-0.2, 0) is 0 Å². The first-order valence-corrected chi connectivity index (χ1v) is 6.50. The number of fused-ring (bicyclic) bond motifs is 1. The van der Waals surface area contributed by atoms with E-state index in [1.54, 1.807) is 18.2 Å². The highest BCUT2D eigenvalue weighted by atomic mass is 79.9.